The number of nitrogens with zero attached hydrogens (tertiary/aromatic N) is 2. The van der Waals surface area contributed by atoms with Crippen molar-refractivity contribution < 1.29 is 0 Å². The minimum Gasteiger partial charge on any atom is -0.309 e. The largest absolute Gasteiger partial charge is 0.309 e. The molecule has 0 aliphatic carbocycles. The Morgan fingerprint density at radius 1 is 0.326 bits per heavy atom. The van der Waals surface area contributed by atoms with Crippen LogP contribution in [0.1, 0.15) is 11.1 Å². The van der Waals surface area contributed by atoms with Gasteiger partial charge >= 0.3 is 0 Å². The first-order chi connectivity index (χ1) is 22.7. The van der Waals surface area contributed by atoms with Gasteiger partial charge in [-0.2, -0.15) is 0 Å². The van der Waals surface area contributed by atoms with Crippen LogP contribution in [0.4, 0.5) is 34.1 Å². The molecule has 0 bridgehead atoms. The summed E-state index contributed by atoms with van der Waals surface area (Å²) in [5.74, 6) is 0. The molecule has 0 amide bonds. The van der Waals surface area contributed by atoms with Crippen molar-refractivity contribution in [3.63, 3.8) is 0 Å². The van der Waals surface area contributed by atoms with Gasteiger partial charge in [0.2, 0.25) is 0 Å². The van der Waals surface area contributed by atoms with E-state index in [4.69, 9.17) is 0 Å². The lowest BCUT2D eigenvalue weighted by Gasteiger charge is -2.33. The molecule has 8 aromatic rings. The Kier molecular flexibility index (Phi) is 6.96. The van der Waals surface area contributed by atoms with Gasteiger partial charge in [0.15, 0.2) is 0 Å². The topological polar surface area (TPSA) is 6.48 Å². The predicted octanol–water partition coefficient (Wildman–Crippen LogP) is 12.7. The fourth-order valence-corrected chi connectivity index (χ4v) is 6.88. The predicted molar refractivity (Wildman–Crippen MR) is 198 cm³/mol. The Hall–Kier alpha value is -5.86. The summed E-state index contributed by atoms with van der Waals surface area (Å²) in [6.45, 7) is 4.33. The molecule has 220 valence electrons. The second-order valence-corrected chi connectivity index (χ2v) is 12.0. The van der Waals surface area contributed by atoms with E-state index < -0.39 is 0 Å². The summed E-state index contributed by atoms with van der Waals surface area (Å²) in [7, 11) is 0. The van der Waals surface area contributed by atoms with Crippen LogP contribution in [0.5, 0.6) is 0 Å². The van der Waals surface area contributed by atoms with E-state index in [-0.39, 0.29) is 0 Å². The van der Waals surface area contributed by atoms with Crippen LogP contribution in [-0.4, -0.2) is 0 Å². The zero-order chi connectivity index (χ0) is 31.0. The Bertz CT molecular complexity index is 2340. The second-order valence-electron chi connectivity index (χ2n) is 12.0. The molecule has 0 fully saturated rings. The van der Waals surface area contributed by atoms with Gasteiger partial charge < -0.3 is 9.80 Å². The van der Waals surface area contributed by atoms with Gasteiger partial charge in [0.1, 0.15) is 0 Å². The fraction of sp³-hybridized carbons (Fsp3) is 0.0455. The molecule has 0 aliphatic heterocycles. The fourth-order valence-electron chi connectivity index (χ4n) is 6.88. The maximum Gasteiger partial charge on any atom is 0.0626 e. The molecule has 0 aliphatic rings. The van der Waals surface area contributed by atoms with E-state index in [9.17, 15) is 0 Å². The van der Waals surface area contributed by atoms with E-state index in [0.29, 0.717) is 0 Å². The Morgan fingerprint density at radius 2 is 0.783 bits per heavy atom. The second kappa shape index (κ2) is 11.6. The molecule has 46 heavy (non-hydrogen) atoms. The van der Waals surface area contributed by atoms with Gasteiger partial charge in [-0.1, -0.05) is 121 Å². The van der Waals surface area contributed by atoms with Crippen LogP contribution in [0.25, 0.3) is 32.3 Å². The molecule has 2 nitrogen and oxygen atoms in total. The SMILES string of the molecule is Cc1cccc(N(c2ccccc2)c2c3ccccc3c(N(c3ccccc3)c3cccc(C)c3)c3c2ccc2ccccc23)c1. The lowest BCUT2D eigenvalue weighted by molar-refractivity contribution is 1.28. The zero-order valence-electron chi connectivity index (χ0n) is 26.1. The summed E-state index contributed by atoms with van der Waals surface area (Å²) in [5, 5.41) is 7.26. The highest BCUT2D eigenvalue weighted by atomic mass is 15.2. The molecule has 8 rings (SSSR count). The van der Waals surface area contributed by atoms with Crippen molar-refractivity contribution in [2.75, 3.05) is 9.80 Å². The van der Waals surface area contributed by atoms with Crippen LogP contribution in [0.15, 0.2) is 170 Å². The van der Waals surface area contributed by atoms with Crippen molar-refractivity contribution in [2.45, 2.75) is 13.8 Å². The van der Waals surface area contributed by atoms with Gasteiger partial charge in [0.05, 0.1) is 11.4 Å². The number of aryl methyl sites for hydroxylation is 2. The van der Waals surface area contributed by atoms with E-state index in [1.165, 1.54) is 54.8 Å². The lowest BCUT2D eigenvalue weighted by Crippen LogP contribution is -2.15. The molecule has 0 radical (unpaired) electrons. The van der Waals surface area contributed by atoms with Crippen LogP contribution >= 0.6 is 0 Å². The van der Waals surface area contributed by atoms with Crippen molar-refractivity contribution in [3.8, 4) is 0 Å². The quantitative estimate of drug-likeness (QED) is 0.108. The number of rotatable bonds is 6. The summed E-state index contributed by atoms with van der Waals surface area (Å²) < 4.78 is 0. The highest BCUT2D eigenvalue weighted by molar-refractivity contribution is 6.29. The van der Waals surface area contributed by atoms with E-state index >= 15 is 0 Å². The third-order valence-corrected chi connectivity index (χ3v) is 8.85. The van der Waals surface area contributed by atoms with Crippen LogP contribution < -0.4 is 9.80 Å². The third kappa shape index (κ3) is 4.76. The average molecular weight is 591 g/mol. The maximum absolute atomic E-state index is 2.45. The maximum atomic E-state index is 2.45. The van der Waals surface area contributed by atoms with Crippen LogP contribution in [0.3, 0.4) is 0 Å². The van der Waals surface area contributed by atoms with Gasteiger partial charge in [-0.05, 0) is 84.3 Å². The molecule has 0 heterocycles. The van der Waals surface area contributed by atoms with Gasteiger partial charge in [0.25, 0.3) is 0 Å². The summed E-state index contributed by atoms with van der Waals surface area (Å²) in [6, 6.07) is 61.5. The first kappa shape index (κ1) is 27.7. The normalized spacial score (nSPS) is 11.3. The molecule has 0 saturated carbocycles. The van der Waals surface area contributed by atoms with Crippen LogP contribution in [0, 0.1) is 13.8 Å². The smallest absolute Gasteiger partial charge is 0.0626 e. The van der Waals surface area contributed by atoms with Crippen molar-refractivity contribution in [1.29, 1.82) is 0 Å². The number of para-hydroxylation sites is 2. The minimum absolute atomic E-state index is 1.12. The monoisotopic (exact) mass is 590 g/mol. The average Bonchev–Trinajstić information content (AvgIpc) is 3.10. The molecule has 8 aromatic carbocycles. The molecular formula is C44H34N2. The molecular weight excluding hydrogens is 556 g/mol. The number of fused-ring (bicyclic) bond motifs is 4. The summed E-state index contributed by atoms with van der Waals surface area (Å²) in [6.07, 6.45) is 0. The van der Waals surface area contributed by atoms with E-state index in [2.05, 4.69) is 194 Å². The van der Waals surface area contributed by atoms with E-state index in [1.807, 2.05) is 0 Å². The summed E-state index contributed by atoms with van der Waals surface area (Å²) >= 11 is 0. The molecule has 0 saturated heterocycles. The van der Waals surface area contributed by atoms with E-state index in [0.717, 1.165) is 22.7 Å². The Balaban J connectivity index is 1.59. The zero-order valence-corrected chi connectivity index (χ0v) is 26.1. The minimum atomic E-state index is 1.12. The molecule has 0 N–H and O–H groups in total. The molecule has 0 spiro atoms. The number of benzene rings is 8. The molecule has 0 aromatic heterocycles. The highest BCUT2D eigenvalue weighted by Gasteiger charge is 2.26. The highest BCUT2D eigenvalue weighted by Crippen LogP contribution is 2.52. The Labute approximate surface area is 270 Å². The van der Waals surface area contributed by atoms with Crippen molar-refractivity contribution in [1.82, 2.24) is 0 Å². The number of anilines is 6. The summed E-state index contributed by atoms with van der Waals surface area (Å²) in [4.78, 5) is 4.89. The Morgan fingerprint density at radius 3 is 1.35 bits per heavy atom. The lowest BCUT2D eigenvalue weighted by atomic mass is 9.92. The van der Waals surface area contributed by atoms with Gasteiger partial charge in [-0.25, -0.2) is 0 Å². The third-order valence-electron chi connectivity index (χ3n) is 8.85. The van der Waals surface area contributed by atoms with Crippen molar-refractivity contribution in [3.05, 3.63) is 181 Å². The van der Waals surface area contributed by atoms with Gasteiger partial charge in [-0.3, -0.25) is 0 Å². The van der Waals surface area contributed by atoms with Gasteiger partial charge in [-0.15, -0.1) is 0 Å². The van der Waals surface area contributed by atoms with Crippen LogP contribution in [0.2, 0.25) is 0 Å². The first-order valence-corrected chi connectivity index (χ1v) is 15.9. The molecule has 2 heteroatoms. The van der Waals surface area contributed by atoms with Crippen molar-refractivity contribution in [2.24, 2.45) is 0 Å². The van der Waals surface area contributed by atoms with E-state index in [1.54, 1.807) is 0 Å². The summed E-state index contributed by atoms with van der Waals surface area (Å²) in [5.41, 5.74) is 9.33. The van der Waals surface area contributed by atoms with Crippen LogP contribution in [-0.2, 0) is 0 Å². The molecule has 0 atom stereocenters. The standard InChI is InChI=1S/C44H34N2/c1-31-15-13-22-36(29-31)45(34-18-5-3-6-19-34)43-39-25-11-12-26-40(39)44(42-38-24-10-9-17-33(38)27-28-41(42)43)46(35-20-7-4-8-21-35)37-23-14-16-32(2)30-37/h3-30H,1-2H3. The number of hydrogen-bond donors (Lipinski definition) is 0. The molecule has 0 unspecified atom stereocenters. The van der Waals surface area contributed by atoms with Crippen molar-refractivity contribution >= 4 is 66.4 Å². The van der Waals surface area contributed by atoms with Gasteiger partial charge in [0, 0.05) is 44.3 Å². The number of hydrogen-bond acceptors (Lipinski definition) is 2. The first-order valence-electron chi connectivity index (χ1n) is 15.9.